The first-order chi connectivity index (χ1) is 58.6. The lowest BCUT2D eigenvalue weighted by molar-refractivity contribution is 0.590. The van der Waals surface area contributed by atoms with E-state index in [-0.39, 0.29) is 32.6 Å². The topological polar surface area (TPSA) is 50.0 Å². The largest absolute Gasteiger partial charge is 0.311 e. The van der Waals surface area contributed by atoms with E-state index >= 15 is 0 Å². The molecule has 0 atom stereocenters. The van der Waals surface area contributed by atoms with Crippen molar-refractivity contribution in [2.24, 2.45) is 0 Å². The van der Waals surface area contributed by atoms with Crippen molar-refractivity contribution >= 4 is 144 Å². The summed E-state index contributed by atoms with van der Waals surface area (Å²) in [6, 6.07) is 107. The van der Waals surface area contributed by atoms with Crippen LogP contribution in [0.3, 0.4) is 0 Å². The SMILES string of the molecule is [2H]c1c([2H])c([2H])c2c(c1[2H])c1c([2H])c([2H])c([2H])c([2H])c1n2-c1ccc2c(c1)N(c1cc(-c3ccccc3)cc(-c3ccccc3)c1)c1cc(-n3c4ccccc4c4c(-c5ccccc5)cccc43)cc3c1B2c1ccc(-n2c4ccc(C(C)(C)C)cc4c4cc(C(C)(C)C)ccc42)cc1N3c1cc(-n2c3ccccc3c3ccccc32)ccc1C#N. The van der Waals surface area contributed by atoms with E-state index in [1.165, 1.54) is 11.1 Å². The Morgan fingerprint density at radius 1 is 0.292 bits per heavy atom. The van der Waals surface area contributed by atoms with Crippen molar-refractivity contribution < 1.29 is 11.0 Å². The van der Waals surface area contributed by atoms with Crippen molar-refractivity contribution in [3.8, 4) is 62.2 Å². The lowest BCUT2D eigenvalue weighted by Gasteiger charge is -2.45. The summed E-state index contributed by atoms with van der Waals surface area (Å²) in [5.74, 6) is 0. The zero-order chi connectivity index (χ0) is 82.7. The van der Waals surface area contributed by atoms with E-state index in [0.717, 1.165) is 155 Å². The molecule has 8 heteroatoms. The molecule has 0 bridgehead atoms. The van der Waals surface area contributed by atoms with Gasteiger partial charge in [-0.2, -0.15) is 5.26 Å². The van der Waals surface area contributed by atoms with E-state index in [4.69, 9.17) is 2.74 Å². The molecule has 22 rings (SSSR count). The molecular formula is C105H76BN7. The average molecular weight is 1450 g/mol. The molecule has 4 aromatic heterocycles. The van der Waals surface area contributed by atoms with Crippen LogP contribution < -0.4 is 26.2 Å². The maximum atomic E-state index is 12.3. The van der Waals surface area contributed by atoms with Crippen molar-refractivity contribution in [3.63, 3.8) is 0 Å². The zero-order valence-corrected chi connectivity index (χ0v) is 63.1. The molecule has 2 aliphatic rings. The lowest BCUT2D eigenvalue weighted by Crippen LogP contribution is -2.61. The second kappa shape index (κ2) is 24.9. The van der Waals surface area contributed by atoms with Gasteiger partial charge in [-0.3, -0.25) is 0 Å². The molecule has 16 aromatic carbocycles. The van der Waals surface area contributed by atoms with Crippen molar-refractivity contribution in [2.45, 2.75) is 52.4 Å². The monoisotopic (exact) mass is 1450 g/mol. The summed E-state index contributed by atoms with van der Waals surface area (Å²) in [7, 11) is 0. The zero-order valence-electron chi connectivity index (χ0n) is 71.1. The Labute approximate surface area is 667 Å². The smallest absolute Gasteiger partial charge is 0.252 e. The minimum absolute atomic E-state index is 0.0101. The van der Waals surface area contributed by atoms with Crippen molar-refractivity contribution in [1.29, 1.82) is 5.26 Å². The van der Waals surface area contributed by atoms with Gasteiger partial charge in [0.15, 0.2) is 0 Å². The molecule has 0 amide bonds. The molecule has 113 heavy (non-hydrogen) atoms. The molecule has 0 aliphatic carbocycles. The number of hydrogen-bond acceptors (Lipinski definition) is 3. The van der Waals surface area contributed by atoms with Gasteiger partial charge < -0.3 is 28.1 Å². The molecule has 0 N–H and O–H groups in total. The maximum Gasteiger partial charge on any atom is 0.252 e. The Morgan fingerprint density at radius 2 is 0.708 bits per heavy atom. The highest BCUT2D eigenvalue weighted by Crippen LogP contribution is 2.52. The lowest BCUT2D eigenvalue weighted by atomic mass is 9.33. The number of benzene rings is 16. The summed E-state index contributed by atoms with van der Waals surface area (Å²) < 4.78 is 84.8. The van der Waals surface area contributed by atoms with E-state index in [1.54, 1.807) is 4.57 Å². The van der Waals surface area contributed by atoms with Crippen LogP contribution in [0.25, 0.3) is 143 Å². The predicted molar refractivity (Wildman–Crippen MR) is 476 cm³/mol. The van der Waals surface area contributed by atoms with E-state index in [9.17, 15) is 13.5 Å². The fraction of sp³-hybridized carbons (Fsp3) is 0.0762. The van der Waals surface area contributed by atoms with Gasteiger partial charge in [0, 0.05) is 88.6 Å². The van der Waals surface area contributed by atoms with Crippen molar-refractivity contribution in [1.82, 2.24) is 18.3 Å². The van der Waals surface area contributed by atoms with Crippen LogP contribution in [-0.4, -0.2) is 25.0 Å². The molecule has 0 fully saturated rings. The molecule has 0 unspecified atom stereocenters. The molecule has 0 radical (unpaired) electrons. The number of aromatic nitrogens is 4. The van der Waals surface area contributed by atoms with Gasteiger partial charge >= 0.3 is 0 Å². The number of nitriles is 1. The highest BCUT2D eigenvalue weighted by atomic mass is 15.2. The number of para-hydroxylation sites is 5. The Bertz CT molecular complexity index is 7680. The van der Waals surface area contributed by atoms with Crippen LogP contribution in [0.4, 0.5) is 34.1 Å². The van der Waals surface area contributed by atoms with Crippen LogP contribution in [-0.2, 0) is 10.8 Å². The molecule has 0 saturated carbocycles. The normalized spacial score (nSPS) is 13.8. The van der Waals surface area contributed by atoms with Gasteiger partial charge in [-0.15, -0.1) is 0 Å². The van der Waals surface area contributed by atoms with Crippen LogP contribution in [0.5, 0.6) is 0 Å². The Balaban J connectivity index is 0.926. The van der Waals surface area contributed by atoms with Gasteiger partial charge in [0.25, 0.3) is 6.71 Å². The Kier molecular flexibility index (Phi) is 12.8. The fourth-order valence-electron chi connectivity index (χ4n) is 18.4. The summed E-state index contributed by atoms with van der Waals surface area (Å²) in [5, 5.41) is 18.8. The van der Waals surface area contributed by atoms with Gasteiger partial charge in [-0.1, -0.05) is 260 Å². The number of fused-ring (bicyclic) bond motifs is 16. The number of anilines is 6. The van der Waals surface area contributed by atoms with Gasteiger partial charge in [0.1, 0.15) is 6.07 Å². The predicted octanol–water partition coefficient (Wildman–Crippen LogP) is 25.6. The second-order valence-corrected chi connectivity index (χ2v) is 32.2. The molecule has 7 nitrogen and oxygen atoms in total. The number of hydrogen-bond donors (Lipinski definition) is 0. The fourth-order valence-corrected chi connectivity index (χ4v) is 18.4. The van der Waals surface area contributed by atoms with Crippen LogP contribution in [0.1, 0.15) is 69.2 Å². The first-order valence-electron chi connectivity index (χ1n) is 42.6. The van der Waals surface area contributed by atoms with Gasteiger partial charge in [-0.05, 0) is 205 Å². The first kappa shape index (κ1) is 57.9. The van der Waals surface area contributed by atoms with Crippen LogP contribution in [0.15, 0.2) is 352 Å². The maximum absolute atomic E-state index is 12.3. The summed E-state index contributed by atoms with van der Waals surface area (Å²) in [6.07, 6.45) is 0. The molecular weight excluding hydrogens is 1370 g/mol. The second-order valence-electron chi connectivity index (χ2n) is 32.2. The highest BCUT2D eigenvalue weighted by Gasteiger charge is 2.45. The number of rotatable bonds is 9. The minimum Gasteiger partial charge on any atom is -0.311 e. The molecule has 0 saturated heterocycles. The third-order valence-electron chi connectivity index (χ3n) is 23.7. The summed E-state index contributed by atoms with van der Waals surface area (Å²) in [5.41, 5.74) is 24.7. The number of nitrogens with zero attached hydrogens (tertiary/aromatic N) is 7. The van der Waals surface area contributed by atoms with E-state index in [2.05, 4.69) is 344 Å². The van der Waals surface area contributed by atoms with Crippen LogP contribution in [0, 0.1) is 11.3 Å². The quantitative estimate of drug-likeness (QED) is 0.135. The van der Waals surface area contributed by atoms with Crippen LogP contribution >= 0.6 is 0 Å². The standard InChI is InChI=1S/C105H76BN7/c1-104(2,3)72-46-53-94-85(58-72)86-59-73(105(4,5)6)47-54-95(86)110(94)76-50-52-88-99(62-76)113(97-60-74(48-45-69(97)65-107)108-89-39-21-16-33-80(89)81-34-17-22-40-90(81)108)101-64-78(111-93-43-25-20-37-84(93)102-79(38-26-44-96(102)111)68-31-14-9-15-32-68)63-100-103(101)106(88)87-51-49-75(109-91-41-23-18-35-82(91)83-36-19-24-42-92(83)109)61-98(87)112(100)77-56-70(66-27-10-7-11-28-66)55-71(57-77)67-29-12-8-13-30-67/h7-64H,1-6H3/i18D,19D,23D,24D,35D,36D,41D,42D. The third-order valence-corrected chi connectivity index (χ3v) is 23.7. The van der Waals surface area contributed by atoms with E-state index in [1.807, 2.05) is 30.3 Å². The molecule has 6 heterocycles. The third kappa shape index (κ3) is 10.1. The highest BCUT2D eigenvalue weighted by molar-refractivity contribution is 7.00. The average Bonchev–Trinajstić information content (AvgIpc) is 1.51. The molecule has 534 valence electrons. The van der Waals surface area contributed by atoms with Crippen molar-refractivity contribution in [2.75, 3.05) is 9.80 Å². The van der Waals surface area contributed by atoms with Gasteiger partial charge in [0.05, 0.1) is 72.0 Å². The molecule has 0 spiro atoms. The minimum atomic E-state index is -0.617. The summed E-state index contributed by atoms with van der Waals surface area (Å²) in [4.78, 5) is 4.71. The molecule has 2 aliphatic heterocycles. The van der Waals surface area contributed by atoms with E-state index in [0.29, 0.717) is 22.6 Å². The Hall–Kier alpha value is -14.1. The van der Waals surface area contributed by atoms with Gasteiger partial charge in [-0.25, -0.2) is 0 Å². The summed E-state index contributed by atoms with van der Waals surface area (Å²) >= 11 is 0. The Morgan fingerprint density at radius 3 is 1.24 bits per heavy atom. The van der Waals surface area contributed by atoms with Crippen molar-refractivity contribution in [3.05, 3.63) is 368 Å². The van der Waals surface area contributed by atoms with Gasteiger partial charge in [0.2, 0.25) is 0 Å². The first-order valence-corrected chi connectivity index (χ1v) is 38.6. The van der Waals surface area contributed by atoms with Crippen LogP contribution in [0.2, 0.25) is 0 Å². The van der Waals surface area contributed by atoms with E-state index < -0.39 is 55.1 Å². The summed E-state index contributed by atoms with van der Waals surface area (Å²) in [6.45, 7) is 13.0. The molecule has 20 aromatic rings.